The molecule has 1 aliphatic heterocycles. The summed E-state index contributed by atoms with van der Waals surface area (Å²) in [6.45, 7) is 3.54. The molecule has 0 fully saturated rings. The molecule has 4 rings (SSSR count). The van der Waals surface area contributed by atoms with Crippen LogP contribution in [-0.2, 0) is 4.79 Å². The van der Waals surface area contributed by atoms with Crippen molar-refractivity contribution in [3.8, 4) is 17.2 Å². The molecule has 1 aliphatic rings. The molecular formula is C29H30FN3O6S. The maximum Gasteiger partial charge on any atom is 0.279 e. The van der Waals surface area contributed by atoms with Crippen molar-refractivity contribution in [2.24, 2.45) is 10.5 Å². The lowest BCUT2D eigenvalue weighted by Gasteiger charge is -2.24. The zero-order valence-corrected chi connectivity index (χ0v) is 23.1. The number of carbonyl (C=O) groups is 2. The van der Waals surface area contributed by atoms with Gasteiger partial charge in [-0.1, -0.05) is 49.9 Å². The van der Waals surface area contributed by atoms with E-state index < -0.39 is 22.5 Å². The Morgan fingerprint density at radius 1 is 1.10 bits per heavy atom. The van der Waals surface area contributed by atoms with E-state index in [2.05, 4.69) is 10.4 Å². The number of halogens is 1. The van der Waals surface area contributed by atoms with Gasteiger partial charge >= 0.3 is 0 Å². The summed E-state index contributed by atoms with van der Waals surface area (Å²) in [5.41, 5.74) is 0.735. The number of thioether (sulfide) groups is 1. The summed E-state index contributed by atoms with van der Waals surface area (Å²) in [5, 5.41) is 28.0. The number of amides is 2. The van der Waals surface area contributed by atoms with Gasteiger partial charge in [0.2, 0.25) is 0 Å². The summed E-state index contributed by atoms with van der Waals surface area (Å²) < 4.78 is 25.0. The van der Waals surface area contributed by atoms with E-state index in [0.29, 0.717) is 21.9 Å². The fourth-order valence-electron chi connectivity index (χ4n) is 3.82. The lowest BCUT2D eigenvalue weighted by atomic mass is 9.95. The Labute approximate surface area is 235 Å². The highest BCUT2D eigenvalue weighted by atomic mass is 32.2. The largest absolute Gasteiger partial charge is 0.507 e. The van der Waals surface area contributed by atoms with Crippen molar-refractivity contribution in [2.45, 2.75) is 19.2 Å². The molecule has 11 heteroatoms. The minimum absolute atomic E-state index is 0.0612. The molecule has 0 aromatic heterocycles. The number of hydrogen-bond acceptors (Lipinski definition) is 8. The van der Waals surface area contributed by atoms with Gasteiger partial charge < -0.3 is 25.0 Å². The van der Waals surface area contributed by atoms with Crippen molar-refractivity contribution in [3.63, 3.8) is 0 Å². The van der Waals surface area contributed by atoms with Crippen LogP contribution < -0.4 is 14.8 Å². The Morgan fingerprint density at radius 2 is 1.82 bits per heavy atom. The van der Waals surface area contributed by atoms with Crippen molar-refractivity contribution < 1.29 is 33.7 Å². The molecule has 1 unspecified atom stereocenters. The number of carbonyl (C=O) groups excluding carboxylic acids is 2. The van der Waals surface area contributed by atoms with Crippen LogP contribution in [0, 0.1) is 11.2 Å². The highest BCUT2D eigenvalue weighted by molar-refractivity contribution is 8.14. The summed E-state index contributed by atoms with van der Waals surface area (Å²) in [7, 11) is 1.45. The Morgan fingerprint density at radius 3 is 2.50 bits per heavy atom. The highest BCUT2D eigenvalue weighted by Gasteiger charge is 2.37. The van der Waals surface area contributed by atoms with Crippen LogP contribution in [0.2, 0.25) is 0 Å². The van der Waals surface area contributed by atoms with Crippen LogP contribution >= 0.6 is 11.8 Å². The molecule has 0 spiro atoms. The molecule has 1 atom stereocenters. The quantitative estimate of drug-likeness (QED) is 0.334. The zero-order chi connectivity index (χ0) is 28.9. The van der Waals surface area contributed by atoms with Gasteiger partial charge in [-0.2, -0.15) is 5.10 Å². The minimum atomic E-state index is -0.732. The SMILES string of the molecule is COc1c(OCC(=O)NCC(C)(C)CO)cccc1C1SC(c2ccc(F)cc2)=NN1C(=O)c1ccccc1O. The van der Waals surface area contributed by atoms with Crippen LogP contribution in [-0.4, -0.2) is 58.9 Å². The molecular weight excluding hydrogens is 537 g/mol. The van der Waals surface area contributed by atoms with E-state index in [0.717, 1.165) is 0 Å². The van der Waals surface area contributed by atoms with Crippen LogP contribution in [0.1, 0.15) is 40.7 Å². The summed E-state index contributed by atoms with van der Waals surface area (Å²) in [6, 6.07) is 17.0. The van der Waals surface area contributed by atoms with Crippen LogP contribution in [0.4, 0.5) is 4.39 Å². The third-order valence-electron chi connectivity index (χ3n) is 6.11. The molecule has 40 heavy (non-hydrogen) atoms. The van der Waals surface area contributed by atoms with Gasteiger partial charge in [0, 0.05) is 29.7 Å². The number of rotatable bonds is 10. The number of aromatic hydroxyl groups is 1. The van der Waals surface area contributed by atoms with Crippen LogP contribution in [0.25, 0.3) is 0 Å². The fraction of sp³-hybridized carbons (Fsp3) is 0.276. The number of para-hydroxylation sites is 2. The molecule has 3 aromatic carbocycles. The number of aliphatic hydroxyl groups is 1. The molecule has 210 valence electrons. The van der Waals surface area contributed by atoms with E-state index in [1.165, 1.54) is 48.1 Å². The Bertz CT molecular complexity index is 1410. The third kappa shape index (κ3) is 6.54. The first-order chi connectivity index (χ1) is 19.1. The van der Waals surface area contributed by atoms with E-state index in [9.17, 15) is 24.2 Å². The van der Waals surface area contributed by atoms with E-state index in [-0.39, 0.29) is 42.7 Å². The topological polar surface area (TPSA) is 121 Å². The van der Waals surface area contributed by atoms with Gasteiger partial charge in [-0.25, -0.2) is 9.40 Å². The van der Waals surface area contributed by atoms with Gasteiger partial charge in [0.1, 0.15) is 22.0 Å². The van der Waals surface area contributed by atoms with E-state index >= 15 is 0 Å². The molecule has 1 heterocycles. The average molecular weight is 568 g/mol. The first-order valence-corrected chi connectivity index (χ1v) is 13.3. The Kier molecular flexibility index (Phi) is 8.96. The number of benzene rings is 3. The lowest BCUT2D eigenvalue weighted by molar-refractivity contribution is -0.123. The van der Waals surface area contributed by atoms with Crippen LogP contribution in [0.15, 0.2) is 71.8 Å². The highest BCUT2D eigenvalue weighted by Crippen LogP contribution is 2.47. The number of ether oxygens (including phenoxy) is 2. The fourth-order valence-corrected chi connectivity index (χ4v) is 4.99. The van der Waals surface area contributed by atoms with E-state index in [1.54, 1.807) is 42.5 Å². The van der Waals surface area contributed by atoms with E-state index in [4.69, 9.17) is 9.47 Å². The summed E-state index contributed by atoms with van der Waals surface area (Å²) in [5.74, 6) is -0.936. The summed E-state index contributed by atoms with van der Waals surface area (Å²) >= 11 is 1.25. The number of aliphatic hydroxyl groups excluding tert-OH is 1. The number of hydrogen-bond donors (Lipinski definition) is 3. The number of methoxy groups -OCH3 is 1. The zero-order valence-electron chi connectivity index (χ0n) is 22.3. The smallest absolute Gasteiger partial charge is 0.279 e. The molecule has 0 bridgehead atoms. The second-order valence-corrected chi connectivity index (χ2v) is 10.9. The van der Waals surface area contributed by atoms with E-state index in [1.807, 2.05) is 13.8 Å². The predicted octanol–water partition coefficient (Wildman–Crippen LogP) is 4.30. The molecule has 0 aliphatic carbocycles. The Balaban J connectivity index is 1.64. The van der Waals surface area contributed by atoms with Gasteiger partial charge in [-0.05, 0) is 42.5 Å². The molecule has 3 aromatic rings. The average Bonchev–Trinajstić information content (AvgIpc) is 3.40. The second kappa shape index (κ2) is 12.4. The molecule has 9 nitrogen and oxygen atoms in total. The maximum absolute atomic E-state index is 13.6. The monoisotopic (exact) mass is 567 g/mol. The molecule has 3 N–H and O–H groups in total. The second-order valence-electron chi connectivity index (χ2n) is 9.82. The van der Waals surface area contributed by atoms with Gasteiger partial charge in [0.25, 0.3) is 11.8 Å². The normalized spacial score (nSPS) is 15.0. The first-order valence-electron chi connectivity index (χ1n) is 12.4. The van der Waals surface area contributed by atoms with Crippen LogP contribution in [0.3, 0.4) is 0 Å². The van der Waals surface area contributed by atoms with Gasteiger partial charge in [-0.15, -0.1) is 0 Å². The third-order valence-corrected chi connectivity index (χ3v) is 7.33. The Hall–Kier alpha value is -4.09. The number of hydrazone groups is 1. The van der Waals surface area contributed by atoms with Gasteiger partial charge in [-0.3, -0.25) is 9.59 Å². The maximum atomic E-state index is 13.6. The molecule has 2 amide bonds. The predicted molar refractivity (Wildman–Crippen MR) is 150 cm³/mol. The van der Waals surface area contributed by atoms with Crippen LogP contribution in [0.5, 0.6) is 17.2 Å². The van der Waals surface area contributed by atoms with Crippen molar-refractivity contribution >= 4 is 28.6 Å². The van der Waals surface area contributed by atoms with Gasteiger partial charge in [0.15, 0.2) is 18.1 Å². The lowest BCUT2D eigenvalue weighted by Crippen LogP contribution is -2.38. The van der Waals surface area contributed by atoms with Crippen molar-refractivity contribution in [3.05, 3.63) is 89.2 Å². The molecule has 0 saturated carbocycles. The van der Waals surface area contributed by atoms with Crippen molar-refractivity contribution in [2.75, 3.05) is 26.9 Å². The van der Waals surface area contributed by atoms with Crippen molar-refractivity contribution in [1.82, 2.24) is 10.3 Å². The first kappa shape index (κ1) is 28.9. The number of phenolic OH excluding ortho intramolecular Hbond substituents is 1. The number of nitrogens with zero attached hydrogens (tertiary/aromatic N) is 2. The standard InChI is InChI=1S/C29H30FN3O6S/c1-29(2,17-34)16-31-24(36)15-39-23-10-6-8-21(25(23)38-3)28-33(27(37)20-7-4-5-9-22(20)35)32-26(40-28)18-11-13-19(30)14-12-18/h4-14,28,34-35H,15-17H2,1-3H3,(H,31,36). The number of nitrogens with one attached hydrogen (secondary N) is 1. The summed E-state index contributed by atoms with van der Waals surface area (Å²) in [6.07, 6.45) is 0. The van der Waals surface area contributed by atoms with Gasteiger partial charge in [0.05, 0.1) is 12.7 Å². The molecule has 0 radical (unpaired) electrons. The summed E-state index contributed by atoms with van der Waals surface area (Å²) in [4.78, 5) is 26.0. The minimum Gasteiger partial charge on any atom is -0.507 e. The van der Waals surface area contributed by atoms with Crippen molar-refractivity contribution in [1.29, 1.82) is 0 Å². The molecule has 0 saturated heterocycles. The number of phenols is 1.